The Morgan fingerprint density at radius 2 is 2.04 bits per heavy atom. The molecule has 0 atom stereocenters. The second-order valence-electron chi connectivity index (χ2n) is 6.49. The smallest absolute Gasteiger partial charge is 0.272 e. The first-order valence-electron chi connectivity index (χ1n) is 8.62. The SMILES string of the molecule is Cc1cc(F)c2cc(C(=O)Nc3ccc(N4CCNCC4)nc3)[nH]c2c1. The Balaban J connectivity index is 1.50. The molecule has 0 spiro atoms. The largest absolute Gasteiger partial charge is 0.354 e. The second-order valence-corrected chi connectivity index (χ2v) is 6.49. The number of anilines is 2. The number of fused-ring (bicyclic) bond motifs is 1. The Morgan fingerprint density at radius 3 is 2.77 bits per heavy atom. The number of aryl methyl sites for hydroxylation is 1. The molecule has 0 saturated carbocycles. The van der Waals surface area contributed by atoms with Gasteiger partial charge < -0.3 is 20.5 Å². The van der Waals surface area contributed by atoms with Gasteiger partial charge in [-0.2, -0.15) is 0 Å². The third-order valence-corrected chi connectivity index (χ3v) is 4.52. The Labute approximate surface area is 150 Å². The van der Waals surface area contributed by atoms with E-state index >= 15 is 0 Å². The molecule has 4 rings (SSSR count). The van der Waals surface area contributed by atoms with Gasteiger partial charge in [-0.1, -0.05) is 0 Å². The van der Waals surface area contributed by atoms with E-state index in [1.165, 1.54) is 12.1 Å². The molecule has 3 aromatic rings. The molecule has 0 radical (unpaired) electrons. The van der Waals surface area contributed by atoms with E-state index in [1.807, 2.05) is 25.1 Å². The van der Waals surface area contributed by atoms with Crippen LogP contribution in [0.5, 0.6) is 0 Å². The van der Waals surface area contributed by atoms with Crippen molar-refractivity contribution in [1.29, 1.82) is 0 Å². The molecule has 7 heteroatoms. The van der Waals surface area contributed by atoms with Crippen molar-refractivity contribution in [2.24, 2.45) is 0 Å². The number of amides is 1. The van der Waals surface area contributed by atoms with E-state index in [4.69, 9.17) is 0 Å². The summed E-state index contributed by atoms with van der Waals surface area (Å²) in [6.07, 6.45) is 1.64. The Kier molecular flexibility index (Phi) is 4.30. The van der Waals surface area contributed by atoms with Crippen LogP contribution in [0, 0.1) is 12.7 Å². The van der Waals surface area contributed by atoms with E-state index in [9.17, 15) is 9.18 Å². The van der Waals surface area contributed by atoms with Gasteiger partial charge in [-0.25, -0.2) is 9.37 Å². The van der Waals surface area contributed by atoms with Crippen molar-refractivity contribution in [2.75, 3.05) is 36.4 Å². The number of aromatic nitrogens is 2. The lowest BCUT2D eigenvalue weighted by molar-refractivity contribution is 0.102. The number of carbonyl (C=O) groups excluding carboxylic acids is 1. The van der Waals surface area contributed by atoms with Gasteiger partial charge in [0.15, 0.2) is 0 Å². The normalized spacial score (nSPS) is 14.6. The molecule has 1 aliphatic heterocycles. The van der Waals surface area contributed by atoms with E-state index in [2.05, 4.69) is 25.5 Å². The van der Waals surface area contributed by atoms with Crippen LogP contribution in [0.4, 0.5) is 15.9 Å². The highest BCUT2D eigenvalue weighted by Crippen LogP contribution is 2.22. The molecular formula is C19H20FN5O. The molecular weight excluding hydrogens is 333 g/mol. The summed E-state index contributed by atoms with van der Waals surface area (Å²) in [6, 6.07) is 8.53. The summed E-state index contributed by atoms with van der Waals surface area (Å²) < 4.78 is 14.0. The monoisotopic (exact) mass is 353 g/mol. The molecule has 1 aromatic carbocycles. The number of hydrogen-bond donors (Lipinski definition) is 3. The fourth-order valence-corrected chi connectivity index (χ4v) is 3.19. The lowest BCUT2D eigenvalue weighted by Crippen LogP contribution is -2.43. The quantitative estimate of drug-likeness (QED) is 0.677. The highest BCUT2D eigenvalue weighted by atomic mass is 19.1. The molecule has 134 valence electrons. The summed E-state index contributed by atoms with van der Waals surface area (Å²) in [6.45, 7) is 5.53. The average molecular weight is 353 g/mol. The third kappa shape index (κ3) is 3.25. The second kappa shape index (κ2) is 6.76. The number of aromatic amines is 1. The molecule has 26 heavy (non-hydrogen) atoms. The van der Waals surface area contributed by atoms with Crippen molar-refractivity contribution >= 4 is 28.3 Å². The van der Waals surface area contributed by atoms with Gasteiger partial charge in [0.05, 0.1) is 11.9 Å². The molecule has 0 unspecified atom stereocenters. The van der Waals surface area contributed by atoms with Crippen LogP contribution >= 0.6 is 0 Å². The maximum atomic E-state index is 14.0. The highest BCUT2D eigenvalue weighted by Gasteiger charge is 2.14. The lowest BCUT2D eigenvalue weighted by Gasteiger charge is -2.28. The standard InChI is InChI=1S/C19H20FN5O/c1-12-8-15(20)14-10-17(24-16(14)9-12)19(26)23-13-2-3-18(22-11-13)25-6-4-21-5-7-25/h2-3,8-11,21,24H,4-7H2,1H3,(H,23,26). The number of hydrogen-bond acceptors (Lipinski definition) is 4. The van der Waals surface area contributed by atoms with E-state index in [0.29, 0.717) is 22.3 Å². The van der Waals surface area contributed by atoms with Gasteiger partial charge in [0, 0.05) is 37.1 Å². The van der Waals surface area contributed by atoms with Gasteiger partial charge in [0.1, 0.15) is 17.3 Å². The molecule has 0 bridgehead atoms. The molecule has 1 amide bonds. The summed E-state index contributed by atoms with van der Waals surface area (Å²) in [7, 11) is 0. The summed E-state index contributed by atoms with van der Waals surface area (Å²) in [4.78, 5) is 22.1. The van der Waals surface area contributed by atoms with Gasteiger partial charge in [-0.15, -0.1) is 0 Å². The molecule has 1 aliphatic rings. The van der Waals surface area contributed by atoms with E-state index in [1.54, 1.807) is 6.20 Å². The molecule has 3 N–H and O–H groups in total. The number of H-pyrrole nitrogens is 1. The van der Waals surface area contributed by atoms with Gasteiger partial charge in [-0.3, -0.25) is 4.79 Å². The summed E-state index contributed by atoms with van der Waals surface area (Å²) in [5.41, 5.74) is 2.33. The maximum absolute atomic E-state index is 14.0. The van der Waals surface area contributed by atoms with Gasteiger partial charge in [0.25, 0.3) is 5.91 Å². The zero-order chi connectivity index (χ0) is 18.1. The number of pyridine rings is 1. The molecule has 2 aromatic heterocycles. The van der Waals surface area contributed by atoms with Crippen LogP contribution < -0.4 is 15.5 Å². The Morgan fingerprint density at radius 1 is 1.23 bits per heavy atom. The Hall–Kier alpha value is -2.93. The topological polar surface area (TPSA) is 73.1 Å². The first-order chi connectivity index (χ1) is 12.6. The number of benzene rings is 1. The number of nitrogens with zero attached hydrogens (tertiary/aromatic N) is 2. The van der Waals surface area contributed by atoms with Crippen LogP contribution in [0.3, 0.4) is 0 Å². The predicted octanol–water partition coefficient (Wildman–Crippen LogP) is 2.67. The highest BCUT2D eigenvalue weighted by molar-refractivity contribution is 6.06. The number of carbonyl (C=O) groups is 1. The van der Waals surface area contributed by atoms with Crippen molar-refractivity contribution in [1.82, 2.24) is 15.3 Å². The van der Waals surface area contributed by atoms with Crippen LogP contribution in [0.2, 0.25) is 0 Å². The molecule has 0 aliphatic carbocycles. The molecule has 3 heterocycles. The maximum Gasteiger partial charge on any atom is 0.272 e. The fourth-order valence-electron chi connectivity index (χ4n) is 3.19. The fraction of sp³-hybridized carbons (Fsp3) is 0.263. The number of nitrogens with one attached hydrogen (secondary N) is 3. The zero-order valence-electron chi connectivity index (χ0n) is 14.5. The van der Waals surface area contributed by atoms with Crippen molar-refractivity contribution in [2.45, 2.75) is 6.92 Å². The summed E-state index contributed by atoms with van der Waals surface area (Å²) >= 11 is 0. The van der Waals surface area contributed by atoms with Gasteiger partial charge in [-0.05, 0) is 42.8 Å². The minimum absolute atomic E-state index is 0.315. The average Bonchev–Trinajstić information content (AvgIpc) is 3.08. The van der Waals surface area contributed by atoms with Crippen LogP contribution in [0.1, 0.15) is 16.1 Å². The van der Waals surface area contributed by atoms with Crippen molar-refractivity contribution < 1.29 is 9.18 Å². The molecule has 1 saturated heterocycles. The molecule has 6 nitrogen and oxygen atoms in total. The minimum Gasteiger partial charge on any atom is -0.354 e. The lowest BCUT2D eigenvalue weighted by atomic mass is 10.2. The predicted molar refractivity (Wildman–Crippen MR) is 100 cm³/mol. The number of halogens is 1. The Bertz CT molecular complexity index is 944. The van der Waals surface area contributed by atoms with Crippen LogP contribution in [0.25, 0.3) is 10.9 Å². The molecule has 1 fully saturated rings. The first kappa shape index (κ1) is 16.5. The summed E-state index contributed by atoms with van der Waals surface area (Å²) in [5.74, 6) is 0.236. The first-order valence-corrected chi connectivity index (χ1v) is 8.62. The van der Waals surface area contributed by atoms with E-state index in [-0.39, 0.29) is 11.7 Å². The van der Waals surface area contributed by atoms with Crippen molar-refractivity contribution in [3.63, 3.8) is 0 Å². The number of rotatable bonds is 3. The van der Waals surface area contributed by atoms with E-state index < -0.39 is 0 Å². The number of piperazine rings is 1. The van der Waals surface area contributed by atoms with Crippen LogP contribution in [-0.2, 0) is 0 Å². The van der Waals surface area contributed by atoms with Gasteiger partial charge >= 0.3 is 0 Å². The summed E-state index contributed by atoms with van der Waals surface area (Å²) in [5, 5.41) is 6.51. The van der Waals surface area contributed by atoms with Gasteiger partial charge in [0.2, 0.25) is 0 Å². The van der Waals surface area contributed by atoms with Crippen molar-refractivity contribution in [3.05, 3.63) is 53.6 Å². The third-order valence-electron chi connectivity index (χ3n) is 4.52. The minimum atomic E-state index is -0.336. The van der Waals surface area contributed by atoms with E-state index in [0.717, 1.165) is 37.6 Å². The zero-order valence-corrected chi connectivity index (χ0v) is 14.5. The van der Waals surface area contributed by atoms with Crippen molar-refractivity contribution in [3.8, 4) is 0 Å². The van der Waals surface area contributed by atoms with Crippen LogP contribution in [-0.4, -0.2) is 42.1 Å². The van der Waals surface area contributed by atoms with Crippen LogP contribution in [0.15, 0.2) is 36.5 Å².